The largest absolute Gasteiger partial charge is 0.484 e. The summed E-state index contributed by atoms with van der Waals surface area (Å²) in [5, 5.41) is 0.809. The Balaban J connectivity index is 1.28. The molecular formula is C21H21N3O4. The first-order chi connectivity index (χ1) is 13.7. The molecule has 0 atom stereocenters. The number of pyridine rings is 1. The Morgan fingerprint density at radius 2 is 1.79 bits per heavy atom. The molecule has 144 valence electrons. The van der Waals surface area contributed by atoms with Gasteiger partial charge < -0.3 is 14.1 Å². The van der Waals surface area contributed by atoms with Crippen LogP contribution in [0, 0.1) is 0 Å². The molecule has 4 rings (SSSR count). The Morgan fingerprint density at radius 1 is 1.04 bits per heavy atom. The summed E-state index contributed by atoms with van der Waals surface area (Å²) in [4.78, 5) is 32.0. The number of hydrogen-bond donors (Lipinski definition) is 0. The molecule has 0 saturated carbocycles. The molecule has 0 radical (unpaired) electrons. The van der Waals surface area contributed by atoms with Crippen molar-refractivity contribution in [3.05, 3.63) is 70.8 Å². The van der Waals surface area contributed by atoms with Crippen LogP contribution in [0.1, 0.15) is 5.56 Å². The summed E-state index contributed by atoms with van der Waals surface area (Å²) < 4.78 is 10.8. The Hall–Kier alpha value is -3.19. The third-order valence-corrected chi connectivity index (χ3v) is 4.84. The zero-order chi connectivity index (χ0) is 19.3. The smallest absolute Gasteiger partial charge is 0.336 e. The van der Waals surface area contributed by atoms with Crippen LogP contribution in [-0.4, -0.2) is 53.5 Å². The zero-order valence-corrected chi connectivity index (χ0v) is 15.4. The van der Waals surface area contributed by atoms with E-state index in [-0.39, 0.29) is 12.5 Å². The van der Waals surface area contributed by atoms with E-state index in [1.807, 2.05) is 17.0 Å². The number of amides is 1. The molecule has 0 bridgehead atoms. The van der Waals surface area contributed by atoms with Crippen LogP contribution in [0.2, 0.25) is 0 Å². The predicted molar refractivity (Wildman–Crippen MR) is 104 cm³/mol. The van der Waals surface area contributed by atoms with Crippen LogP contribution in [-0.2, 0) is 11.3 Å². The van der Waals surface area contributed by atoms with E-state index in [4.69, 9.17) is 9.15 Å². The lowest BCUT2D eigenvalue weighted by molar-refractivity contribution is -0.135. The molecule has 7 heteroatoms. The minimum atomic E-state index is -0.412. The van der Waals surface area contributed by atoms with Gasteiger partial charge in [0.1, 0.15) is 11.3 Å². The van der Waals surface area contributed by atoms with E-state index in [0.29, 0.717) is 24.4 Å². The van der Waals surface area contributed by atoms with Gasteiger partial charge in [-0.25, -0.2) is 4.79 Å². The molecule has 0 spiro atoms. The van der Waals surface area contributed by atoms with Crippen molar-refractivity contribution in [1.29, 1.82) is 0 Å². The van der Waals surface area contributed by atoms with Crippen molar-refractivity contribution in [1.82, 2.24) is 14.8 Å². The number of carbonyl (C=O) groups is 1. The maximum absolute atomic E-state index is 12.5. The van der Waals surface area contributed by atoms with Crippen molar-refractivity contribution in [2.45, 2.75) is 6.54 Å². The highest BCUT2D eigenvalue weighted by Crippen LogP contribution is 2.19. The van der Waals surface area contributed by atoms with Gasteiger partial charge in [0.15, 0.2) is 6.61 Å². The second-order valence-electron chi connectivity index (χ2n) is 6.76. The lowest BCUT2D eigenvalue weighted by Crippen LogP contribution is -2.49. The molecule has 1 saturated heterocycles. The van der Waals surface area contributed by atoms with Crippen LogP contribution in [0.5, 0.6) is 5.75 Å². The predicted octanol–water partition coefficient (Wildman–Crippen LogP) is 1.91. The highest BCUT2D eigenvalue weighted by Gasteiger charge is 2.21. The Labute approximate surface area is 162 Å². The van der Waals surface area contributed by atoms with Gasteiger partial charge in [-0.15, -0.1) is 0 Å². The fourth-order valence-electron chi connectivity index (χ4n) is 3.27. The number of rotatable bonds is 5. The molecule has 0 aliphatic carbocycles. The Morgan fingerprint density at radius 3 is 2.57 bits per heavy atom. The average Bonchev–Trinajstić information content (AvgIpc) is 2.73. The fraction of sp³-hybridized carbons (Fsp3) is 0.286. The lowest BCUT2D eigenvalue weighted by atomic mass is 10.2. The van der Waals surface area contributed by atoms with Crippen molar-refractivity contribution in [3.8, 4) is 5.75 Å². The topological polar surface area (TPSA) is 75.9 Å². The first kappa shape index (κ1) is 18.2. The zero-order valence-electron chi connectivity index (χ0n) is 15.4. The summed E-state index contributed by atoms with van der Waals surface area (Å²) in [6, 6.07) is 12.3. The maximum atomic E-state index is 12.5. The van der Waals surface area contributed by atoms with E-state index in [0.717, 1.165) is 25.0 Å². The van der Waals surface area contributed by atoms with Crippen molar-refractivity contribution in [2.75, 3.05) is 32.8 Å². The molecule has 0 unspecified atom stereocenters. The molecule has 2 aromatic heterocycles. The fourth-order valence-corrected chi connectivity index (χ4v) is 3.27. The van der Waals surface area contributed by atoms with E-state index >= 15 is 0 Å². The third-order valence-electron chi connectivity index (χ3n) is 4.84. The summed E-state index contributed by atoms with van der Waals surface area (Å²) in [6.45, 7) is 3.85. The molecule has 7 nitrogen and oxygen atoms in total. The number of piperazine rings is 1. The first-order valence-corrected chi connectivity index (χ1v) is 9.23. The van der Waals surface area contributed by atoms with Gasteiger partial charge in [-0.3, -0.25) is 14.7 Å². The minimum Gasteiger partial charge on any atom is -0.484 e. The quantitative estimate of drug-likeness (QED) is 0.631. The van der Waals surface area contributed by atoms with Crippen LogP contribution in [0.25, 0.3) is 11.0 Å². The van der Waals surface area contributed by atoms with Gasteiger partial charge in [-0.1, -0.05) is 0 Å². The number of benzene rings is 1. The molecule has 3 heterocycles. The summed E-state index contributed by atoms with van der Waals surface area (Å²) in [5.74, 6) is 0.463. The summed E-state index contributed by atoms with van der Waals surface area (Å²) in [6.07, 6.45) is 3.59. The van der Waals surface area contributed by atoms with Gasteiger partial charge in [0, 0.05) is 62.6 Å². The van der Waals surface area contributed by atoms with Crippen molar-refractivity contribution in [2.24, 2.45) is 0 Å². The van der Waals surface area contributed by atoms with Gasteiger partial charge in [0.05, 0.1) is 0 Å². The normalized spacial score (nSPS) is 14.9. The standard InChI is InChI=1S/C21H21N3O4/c25-20(15-27-18-3-1-17-2-4-21(26)28-19(17)13-18)24-11-9-23(10-12-24)14-16-5-7-22-8-6-16/h1-8,13H,9-12,14-15H2. The van der Waals surface area contributed by atoms with Gasteiger partial charge in [0.25, 0.3) is 5.91 Å². The Kier molecular flexibility index (Phi) is 5.34. The number of hydrogen-bond acceptors (Lipinski definition) is 6. The molecule has 1 fully saturated rings. The van der Waals surface area contributed by atoms with Crippen LogP contribution >= 0.6 is 0 Å². The maximum Gasteiger partial charge on any atom is 0.336 e. The van der Waals surface area contributed by atoms with Gasteiger partial charge in [0.2, 0.25) is 0 Å². The highest BCUT2D eigenvalue weighted by molar-refractivity contribution is 5.79. The molecule has 1 aliphatic rings. The number of ether oxygens (including phenoxy) is 1. The second-order valence-corrected chi connectivity index (χ2v) is 6.76. The lowest BCUT2D eigenvalue weighted by Gasteiger charge is -2.34. The van der Waals surface area contributed by atoms with Gasteiger partial charge >= 0.3 is 5.63 Å². The number of aromatic nitrogens is 1. The highest BCUT2D eigenvalue weighted by atomic mass is 16.5. The molecule has 0 N–H and O–H groups in total. The van der Waals surface area contributed by atoms with Crippen molar-refractivity contribution in [3.63, 3.8) is 0 Å². The number of fused-ring (bicyclic) bond motifs is 1. The van der Waals surface area contributed by atoms with Gasteiger partial charge in [-0.2, -0.15) is 0 Å². The Bertz CT molecular complexity index is 1010. The van der Waals surface area contributed by atoms with Crippen LogP contribution in [0.15, 0.2) is 64.1 Å². The monoisotopic (exact) mass is 379 g/mol. The van der Waals surface area contributed by atoms with E-state index in [1.165, 1.54) is 11.6 Å². The summed E-state index contributed by atoms with van der Waals surface area (Å²) in [5.41, 5.74) is 1.26. The molecular weight excluding hydrogens is 358 g/mol. The minimum absolute atomic E-state index is 0.0348. The van der Waals surface area contributed by atoms with Gasteiger partial charge in [-0.05, 0) is 35.9 Å². The van der Waals surface area contributed by atoms with E-state index < -0.39 is 5.63 Å². The summed E-state index contributed by atoms with van der Waals surface area (Å²) in [7, 11) is 0. The average molecular weight is 379 g/mol. The summed E-state index contributed by atoms with van der Waals surface area (Å²) >= 11 is 0. The molecule has 28 heavy (non-hydrogen) atoms. The SMILES string of the molecule is O=C(COc1ccc2ccc(=O)oc2c1)N1CCN(Cc2ccncc2)CC1. The molecule has 1 amide bonds. The van der Waals surface area contributed by atoms with Crippen LogP contribution < -0.4 is 10.4 Å². The van der Waals surface area contributed by atoms with Crippen LogP contribution in [0.3, 0.4) is 0 Å². The first-order valence-electron chi connectivity index (χ1n) is 9.23. The molecule has 1 aliphatic heterocycles. The second kappa shape index (κ2) is 8.22. The van der Waals surface area contributed by atoms with E-state index in [2.05, 4.69) is 9.88 Å². The molecule has 3 aromatic rings. The van der Waals surface area contributed by atoms with E-state index in [9.17, 15) is 9.59 Å². The van der Waals surface area contributed by atoms with Crippen molar-refractivity contribution >= 4 is 16.9 Å². The number of carbonyl (C=O) groups excluding carboxylic acids is 1. The van der Waals surface area contributed by atoms with Crippen LogP contribution in [0.4, 0.5) is 0 Å². The van der Waals surface area contributed by atoms with Crippen molar-refractivity contribution < 1.29 is 13.9 Å². The van der Waals surface area contributed by atoms with E-state index in [1.54, 1.807) is 36.7 Å². The molecule has 1 aromatic carbocycles. The third kappa shape index (κ3) is 4.37. The number of nitrogens with zero attached hydrogens (tertiary/aromatic N) is 3.